The third kappa shape index (κ3) is 1.96. The van der Waals surface area contributed by atoms with E-state index in [0.717, 1.165) is 0 Å². The van der Waals surface area contributed by atoms with Crippen LogP contribution in [0.25, 0.3) is 5.57 Å². The van der Waals surface area contributed by atoms with Crippen molar-refractivity contribution in [3.63, 3.8) is 0 Å². The first-order valence-corrected chi connectivity index (χ1v) is 4.57. The average molecular weight is 204 g/mol. The van der Waals surface area contributed by atoms with Crippen LogP contribution in [0, 0.1) is 5.82 Å². The highest BCUT2D eigenvalue weighted by Crippen LogP contribution is 2.22. The monoisotopic (exact) mass is 204 g/mol. The van der Waals surface area contributed by atoms with Crippen molar-refractivity contribution in [1.29, 1.82) is 0 Å². The van der Waals surface area contributed by atoms with Gasteiger partial charge in [-0.15, -0.1) is 0 Å². The molecule has 0 aromatic heterocycles. The molecule has 0 aliphatic heterocycles. The fourth-order valence-corrected chi connectivity index (χ4v) is 1.46. The van der Waals surface area contributed by atoms with Crippen LogP contribution in [-0.4, -0.2) is 10.9 Å². The van der Waals surface area contributed by atoms with Gasteiger partial charge in [0, 0.05) is 6.42 Å². The summed E-state index contributed by atoms with van der Waals surface area (Å²) in [6.07, 6.45) is 3.20. The van der Waals surface area contributed by atoms with Gasteiger partial charge in [0.1, 0.15) is 5.82 Å². The van der Waals surface area contributed by atoms with Crippen LogP contribution >= 0.6 is 0 Å². The maximum Gasteiger partial charge on any atom is 0.200 e. The Bertz CT molecular complexity index is 472. The van der Waals surface area contributed by atoms with Crippen molar-refractivity contribution in [2.24, 2.45) is 0 Å². The zero-order valence-corrected chi connectivity index (χ0v) is 7.90. The quantitative estimate of drug-likeness (QED) is 0.763. The maximum atomic E-state index is 12.9. The fraction of sp³-hybridized carbons (Fsp3) is 0.0833. The lowest BCUT2D eigenvalue weighted by molar-refractivity contribution is -0.117. The number of carbonyl (C=O) groups excluding carboxylic acids is 1. The maximum absolute atomic E-state index is 12.9. The molecule has 0 heterocycles. The third-order valence-corrected chi connectivity index (χ3v) is 2.24. The molecular weight excluding hydrogens is 195 g/mol. The SMILES string of the molecule is O=C1CC=C(c2cccc(F)c2)C=C1O. The highest BCUT2D eigenvalue weighted by molar-refractivity contribution is 6.00. The van der Waals surface area contributed by atoms with Crippen LogP contribution < -0.4 is 0 Å². The molecule has 1 aromatic carbocycles. The van der Waals surface area contributed by atoms with Gasteiger partial charge in [-0.2, -0.15) is 0 Å². The molecule has 1 N–H and O–H groups in total. The summed E-state index contributed by atoms with van der Waals surface area (Å²) >= 11 is 0. The molecule has 0 saturated carbocycles. The van der Waals surface area contributed by atoms with Crippen LogP contribution in [0.4, 0.5) is 4.39 Å². The molecule has 0 unspecified atom stereocenters. The van der Waals surface area contributed by atoms with Crippen LogP contribution in [0.5, 0.6) is 0 Å². The smallest absolute Gasteiger partial charge is 0.200 e. The average Bonchev–Trinajstić information content (AvgIpc) is 2.22. The minimum Gasteiger partial charge on any atom is -0.504 e. The number of halogens is 1. The fourth-order valence-electron chi connectivity index (χ4n) is 1.46. The van der Waals surface area contributed by atoms with E-state index in [4.69, 9.17) is 0 Å². The van der Waals surface area contributed by atoms with Crippen molar-refractivity contribution in [2.75, 3.05) is 0 Å². The van der Waals surface area contributed by atoms with Crippen molar-refractivity contribution in [1.82, 2.24) is 0 Å². The van der Waals surface area contributed by atoms with E-state index in [2.05, 4.69) is 0 Å². The molecule has 0 saturated heterocycles. The number of ketones is 1. The molecule has 2 nitrogen and oxygen atoms in total. The number of hydrogen-bond donors (Lipinski definition) is 1. The van der Waals surface area contributed by atoms with Gasteiger partial charge in [0.25, 0.3) is 0 Å². The number of allylic oxidation sites excluding steroid dienone is 4. The largest absolute Gasteiger partial charge is 0.504 e. The summed E-state index contributed by atoms with van der Waals surface area (Å²) in [5, 5.41) is 9.26. The summed E-state index contributed by atoms with van der Waals surface area (Å²) in [6, 6.07) is 6.04. The van der Waals surface area contributed by atoms with Gasteiger partial charge in [0.2, 0.25) is 5.78 Å². The van der Waals surface area contributed by atoms with Gasteiger partial charge in [-0.25, -0.2) is 4.39 Å². The molecule has 0 bridgehead atoms. The first kappa shape index (κ1) is 9.65. The van der Waals surface area contributed by atoms with Crippen molar-refractivity contribution >= 4 is 11.4 Å². The Labute approximate surface area is 86.4 Å². The molecule has 2 rings (SSSR count). The van der Waals surface area contributed by atoms with Gasteiger partial charge in [-0.05, 0) is 29.3 Å². The normalized spacial score (nSPS) is 15.9. The minimum atomic E-state index is -0.335. The Kier molecular flexibility index (Phi) is 2.37. The lowest BCUT2D eigenvalue weighted by Crippen LogP contribution is -2.05. The lowest BCUT2D eigenvalue weighted by atomic mass is 9.98. The number of carbonyl (C=O) groups is 1. The first-order valence-electron chi connectivity index (χ1n) is 4.57. The predicted octanol–water partition coefficient (Wildman–Crippen LogP) is 2.62. The lowest BCUT2D eigenvalue weighted by Gasteiger charge is -2.08. The van der Waals surface area contributed by atoms with E-state index in [-0.39, 0.29) is 23.8 Å². The van der Waals surface area contributed by atoms with Crippen molar-refractivity contribution in [2.45, 2.75) is 6.42 Å². The molecule has 1 aliphatic rings. The van der Waals surface area contributed by atoms with Crippen molar-refractivity contribution < 1.29 is 14.3 Å². The molecule has 0 radical (unpaired) electrons. The molecular formula is C12H9FO2. The number of hydrogen-bond acceptors (Lipinski definition) is 2. The van der Waals surface area contributed by atoms with E-state index in [1.165, 1.54) is 18.2 Å². The van der Waals surface area contributed by atoms with E-state index in [9.17, 15) is 14.3 Å². The third-order valence-electron chi connectivity index (χ3n) is 2.24. The molecule has 0 spiro atoms. The summed E-state index contributed by atoms with van der Waals surface area (Å²) in [6.45, 7) is 0. The van der Waals surface area contributed by atoms with Gasteiger partial charge in [-0.1, -0.05) is 18.2 Å². The van der Waals surface area contributed by atoms with E-state index >= 15 is 0 Å². The Balaban J connectivity index is 2.38. The molecule has 1 aromatic rings. The summed E-state index contributed by atoms with van der Waals surface area (Å²) < 4.78 is 12.9. The highest BCUT2D eigenvalue weighted by Gasteiger charge is 2.13. The van der Waals surface area contributed by atoms with Gasteiger partial charge >= 0.3 is 0 Å². The molecule has 76 valence electrons. The molecule has 3 heteroatoms. The van der Waals surface area contributed by atoms with E-state index in [1.807, 2.05) is 0 Å². The topological polar surface area (TPSA) is 37.3 Å². The first-order chi connectivity index (χ1) is 7.16. The summed E-state index contributed by atoms with van der Waals surface area (Å²) in [5.74, 6) is -0.912. The van der Waals surface area contributed by atoms with E-state index in [0.29, 0.717) is 11.1 Å². The zero-order valence-electron chi connectivity index (χ0n) is 7.90. The molecule has 0 atom stereocenters. The number of aliphatic hydroxyl groups excluding tert-OH is 1. The van der Waals surface area contributed by atoms with Gasteiger partial charge in [-0.3, -0.25) is 4.79 Å². The van der Waals surface area contributed by atoms with Crippen LogP contribution in [0.3, 0.4) is 0 Å². The second kappa shape index (κ2) is 3.69. The summed E-state index contributed by atoms with van der Waals surface area (Å²) in [5.41, 5.74) is 1.33. The minimum absolute atomic E-state index is 0.161. The molecule has 1 aliphatic carbocycles. The zero-order chi connectivity index (χ0) is 10.8. The Morgan fingerprint density at radius 1 is 1.33 bits per heavy atom. The number of benzene rings is 1. The predicted molar refractivity (Wildman–Crippen MR) is 54.7 cm³/mol. The highest BCUT2D eigenvalue weighted by atomic mass is 19.1. The molecule has 15 heavy (non-hydrogen) atoms. The second-order valence-corrected chi connectivity index (χ2v) is 3.33. The van der Waals surface area contributed by atoms with Gasteiger partial charge in [0.15, 0.2) is 5.76 Å². The van der Waals surface area contributed by atoms with Crippen LogP contribution in [-0.2, 0) is 4.79 Å². The van der Waals surface area contributed by atoms with Crippen LogP contribution in [0.2, 0.25) is 0 Å². The Hall–Kier alpha value is -1.90. The Morgan fingerprint density at radius 3 is 2.80 bits per heavy atom. The number of aliphatic hydroxyl groups is 1. The summed E-state index contributed by atoms with van der Waals surface area (Å²) in [7, 11) is 0. The van der Waals surface area contributed by atoms with E-state index < -0.39 is 0 Å². The van der Waals surface area contributed by atoms with E-state index in [1.54, 1.807) is 18.2 Å². The number of Topliss-reactive ketones (excluding diaryl/α,β-unsaturated/α-hetero) is 1. The van der Waals surface area contributed by atoms with Crippen molar-refractivity contribution in [3.8, 4) is 0 Å². The van der Waals surface area contributed by atoms with Crippen LogP contribution in [0.15, 0.2) is 42.2 Å². The van der Waals surface area contributed by atoms with Gasteiger partial charge < -0.3 is 5.11 Å². The van der Waals surface area contributed by atoms with Crippen LogP contribution in [0.1, 0.15) is 12.0 Å². The van der Waals surface area contributed by atoms with Crippen molar-refractivity contribution in [3.05, 3.63) is 53.6 Å². The molecule has 0 amide bonds. The Morgan fingerprint density at radius 2 is 2.13 bits per heavy atom. The standard InChI is InChI=1S/C12H9FO2/c13-10-3-1-2-8(6-10)9-4-5-11(14)12(15)7-9/h1-4,6-7,15H,5H2. The number of rotatable bonds is 1. The molecule has 0 fully saturated rings. The van der Waals surface area contributed by atoms with Gasteiger partial charge in [0.05, 0.1) is 0 Å². The second-order valence-electron chi connectivity index (χ2n) is 3.33. The summed E-state index contributed by atoms with van der Waals surface area (Å²) in [4.78, 5) is 11.0.